The Morgan fingerprint density at radius 3 is 2.83 bits per heavy atom. The molecular weight excluding hydrogens is 158 g/mol. The lowest BCUT2D eigenvalue weighted by Gasteiger charge is -2.03. The van der Waals surface area contributed by atoms with Gasteiger partial charge in [-0.3, -0.25) is 15.1 Å². The average molecular weight is 167 g/mol. The Bertz CT molecular complexity index is 298. The minimum Gasteiger partial charge on any atom is -0.323 e. The van der Waals surface area contributed by atoms with Crippen LogP contribution in [0.4, 0.5) is 5.69 Å². The van der Waals surface area contributed by atoms with E-state index < -0.39 is 11.0 Å². The van der Waals surface area contributed by atoms with Gasteiger partial charge in [-0.25, -0.2) is 0 Å². The summed E-state index contributed by atoms with van der Waals surface area (Å²) < 4.78 is 0. The van der Waals surface area contributed by atoms with Gasteiger partial charge in [0.05, 0.1) is 11.0 Å². The molecule has 0 fully saturated rings. The fourth-order valence-corrected chi connectivity index (χ4v) is 0.914. The van der Waals surface area contributed by atoms with Gasteiger partial charge >= 0.3 is 0 Å². The molecule has 5 heteroatoms. The highest BCUT2D eigenvalue weighted by molar-refractivity contribution is 5.35. The Hall–Kier alpha value is -1.49. The van der Waals surface area contributed by atoms with E-state index in [-0.39, 0.29) is 5.69 Å². The van der Waals surface area contributed by atoms with E-state index in [1.165, 1.54) is 18.3 Å². The predicted molar refractivity (Wildman–Crippen MR) is 43.5 cm³/mol. The molecule has 1 aromatic heterocycles. The van der Waals surface area contributed by atoms with Crippen molar-refractivity contribution in [2.45, 2.75) is 13.0 Å². The van der Waals surface area contributed by atoms with E-state index in [1.807, 2.05) is 0 Å². The molecule has 0 amide bonds. The van der Waals surface area contributed by atoms with Crippen LogP contribution in [0.3, 0.4) is 0 Å². The number of rotatable bonds is 2. The fourth-order valence-electron chi connectivity index (χ4n) is 0.914. The first-order valence-electron chi connectivity index (χ1n) is 3.48. The van der Waals surface area contributed by atoms with Crippen molar-refractivity contribution >= 4 is 5.69 Å². The summed E-state index contributed by atoms with van der Waals surface area (Å²) in [5.74, 6) is 0. The molecular formula is C7H9N3O2. The lowest BCUT2D eigenvalue weighted by atomic mass is 10.2. The summed E-state index contributed by atoms with van der Waals surface area (Å²) in [6, 6.07) is 2.50. The summed E-state index contributed by atoms with van der Waals surface area (Å²) >= 11 is 0. The van der Waals surface area contributed by atoms with Crippen molar-refractivity contribution in [2.24, 2.45) is 5.73 Å². The number of pyridine rings is 1. The van der Waals surface area contributed by atoms with Crippen molar-refractivity contribution in [1.29, 1.82) is 0 Å². The van der Waals surface area contributed by atoms with Gasteiger partial charge in [0.1, 0.15) is 5.69 Å². The summed E-state index contributed by atoms with van der Waals surface area (Å²) in [6.45, 7) is 1.66. The average Bonchev–Trinajstić information content (AvgIpc) is 2.04. The Morgan fingerprint density at radius 1 is 1.75 bits per heavy atom. The Morgan fingerprint density at radius 2 is 2.42 bits per heavy atom. The van der Waals surface area contributed by atoms with Gasteiger partial charge in [0.25, 0.3) is 5.69 Å². The maximum atomic E-state index is 10.4. The number of aromatic nitrogens is 1. The number of hydrogen-bond acceptors (Lipinski definition) is 4. The Balaban J connectivity index is 3.17. The third-order valence-corrected chi connectivity index (χ3v) is 1.44. The largest absolute Gasteiger partial charge is 0.323 e. The summed E-state index contributed by atoms with van der Waals surface area (Å²) in [4.78, 5) is 13.8. The minimum absolute atomic E-state index is 0.0208. The van der Waals surface area contributed by atoms with Crippen LogP contribution in [-0.4, -0.2) is 9.91 Å². The van der Waals surface area contributed by atoms with Crippen LogP contribution in [-0.2, 0) is 0 Å². The molecule has 0 radical (unpaired) electrons. The monoisotopic (exact) mass is 167 g/mol. The van der Waals surface area contributed by atoms with Crippen LogP contribution >= 0.6 is 0 Å². The maximum absolute atomic E-state index is 10.4. The second kappa shape index (κ2) is 3.27. The molecule has 0 aliphatic rings. The van der Waals surface area contributed by atoms with Gasteiger partial charge in [0, 0.05) is 12.3 Å². The number of nitrogens with two attached hydrogens (primary N) is 1. The zero-order valence-corrected chi connectivity index (χ0v) is 6.60. The third-order valence-electron chi connectivity index (χ3n) is 1.44. The van der Waals surface area contributed by atoms with Crippen LogP contribution in [0.1, 0.15) is 18.7 Å². The molecule has 0 saturated carbocycles. The topological polar surface area (TPSA) is 82.0 Å². The zero-order valence-electron chi connectivity index (χ0n) is 6.60. The summed E-state index contributed by atoms with van der Waals surface area (Å²) in [6.07, 6.45) is 1.49. The van der Waals surface area contributed by atoms with Gasteiger partial charge in [-0.2, -0.15) is 0 Å². The molecule has 1 aromatic rings. The van der Waals surface area contributed by atoms with Gasteiger partial charge < -0.3 is 5.73 Å². The highest BCUT2D eigenvalue weighted by atomic mass is 16.6. The number of nitro groups is 1. The lowest BCUT2D eigenvalue weighted by molar-refractivity contribution is -0.386. The molecule has 64 valence electrons. The Kier molecular flexibility index (Phi) is 2.35. The van der Waals surface area contributed by atoms with Crippen molar-refractivity contribution in [3.8, 4) is 0 Å². The molecule has 0 aliphatic carbocycles. The van der Waals surface area contributed by atoms with Crippen LogP contribution < -0.4 is 5.73 Å². The van der Waals surface area contributed by atoms with E-state index >= 15 is 0 Å². The molecule has 5 nitrogen and oxygen atoms in total. The normalized spacial score (nSPS) is 12.5. The Labute approximate surface area is 69.4 Å². The van der Waals surface area contributed by atoms with Gasteiger partial charge in [0.15, 0.2) is 0 Å². The third kappa shape index (κ3) is 1.57. The smallest absolute Gasteiger partial charge is 0.292 e. The fraction of sp³-hybridized carbons (Fsp3) is 0.286. The summed E-state index contributed by atoms with van der Waals surface area (Å²) in [5, 5.41) is 10.4. The molecule has 1 rings (SSSR count). The van der Waals surface area contributed by atoms with Gasteiger partial charge in [0.2, 0.25) is 0 Å². The van der Waals surface area contributed by atoms with Crippen molar-refractivity contribution in [3.05, 3.63) is 34.1 Å². The molecule has 1 heterocycles. The molecule has 0 saturated heterocycles. The van der Waals surface area contributed by atoms with E-state index in [9.17, 15) is 10.1 Å². The molecule has 2 N–H and O–H groups in total. The number of nitrogens with zero attached hydrogens (tertiary/aromatic N) is 2. The van der Waals surface area contributed by atoms with E-state index in [0.29, 0.717) is 5.69 Å². The summed E-state index contributed by atoms with van der Waals surface area (Å²) in [7, 11) is 0. The molecule has 0 spiro atoms. The van der Waals surface area contributed by atoms with Gasteiger partial charge in [-0.05, 0) is 13.0 Å². The molecule has 12 heavy (non-hydrogen) atoms. The molecule has 0 aromatic carbocycles. The lowest BCUT2D eigenvalue weighted by Crippen LogP contribution is -2.09. The summed E-state index contributed by atoms with van der Waals surface area (Å²) in [5.41, 5.74) is 5.79. The highest BCUT2D eigenvalue weighted by Crippen LogP contribution is 2.19. The molecule has 0 bridgehead atoms. The first-order chi connectivity index (χ1) is 5.63. The second-order valence-electron chi connectivity index (χ2n) is 2.45. The van der Waals surface area contributed by atoms with E-state index in [1.54, 1.807) is 6.92 Å². The molecule has 0 aliphatic heterocycles. The van der Waals surface area contributed by atoms with Crippen LogP contribution in [0.5, 0.6) is 0 Å². The second-order valence-corrected chi connectivity index (χ2v) is 2.45. The SMILES string of the molecule is C[C@@H](N)c1ncccc1[N+](=O)[O-]. The zero-order chi connectivity index (χ0) is 9.14. The maximum Gasteiger partial charge on any atom is 0.292 e. The van der Waals surface area contributed by atoms with Crippen LogP contribution in [0.2, 0.25) is 0 Å². The molecule has 1 atom stereocenters. The minimum atomic E-state index is -0.480. The standard InChI is InChI=1S/C7H9N3O2/c1-5(8)7-6(10(11)12)3-2-4-9-7/h2-5H,8H2,1H3/t5-/m1/s1. The van der Waals surface area contributed by atoms with Crippen LogP contribution in [0, 0.1) is 10.1 Å². The quantitative estimate of drug-likeness (QED) is 0.526. The van der Waals surface area contributed by atoms with Crippen LogP contribution in [0.15, 0.2) is 18.3 Å². The van der Waals surface area contributed by atoms with E-state index in [4.69, 9.17) is 5.73 Å². The first kappa shape index (κ1) is 8.61. The van der Waals surface area contributed by atoms with Gasteiger partial charge in [-0.15, -0.1) is 0 Å². The number of hydrogen-bond donors (Lipinski definition) is 1. The predicted octanol–water partition coefficient (Wildman–Crippen LogP) is 1.01. The van der Waals surface area contributed by atoms with E-state index in [2.05, 4.69) is 4.98 Å². The van der Waals surface area contributed by atoms with E-state index in [0.717, 1.165) is 0 Å². The van der Waals surface area contributed by atoms with Crippen molar-refractivity contribution in [1.82, 2.24) is 4.98 Å². The highest BCUT2D eigenvalue weighted by Gasteiger charge is 2.16. The van der Waals surface area contributed by atoms with Gasteiger partial charge in [-0.1, -0.05) is 0 Å². The van der Waals surface area contributed by atoms with Crippen molar-refractivity contribution in [3.63, 3.8) is 0 Å². The van der Waals surface area contributed by atoms with Crippen molar-refractivity contribution in [2.75, 3.05) is 0 Å². The van der Waals surface area contributed by atoms with Crippen molar-refractivity contribution < 1.29 is 4.92 Å². The van der Waals surface area contributed by atoms with Crippen LogP contribution in [0.25, 0.3) is 0 Å². The molecule has 0 unspecified atom stereocenters. The first-order valence-corrected chi connectivity index (χ1v) is 3.48.